The largest absolute Gasteiger partial charge is 0.481 e. The molecule has 0 saturated carbocycles. The molecule has 1 aromatic rings. The van der Waals surface area contributed by atoms with Crippen LogP contribution in [-0.2, 0) is 9.59 Å². The third kappa shape index (κ3) is 4.74. The van der Waals surface area contributed by atoms with Crippen molar-refractivity contribution in [1.82, 2.24) is 4.90 Å². The van der Waals surface area contributed by atoms with Gasteiger partial charge in [-0.15, -0.1) is 0 Å². The van der Waals surface area contributed by atoms with E-state index in [4.69, 9.17) is 28.2 Å². The van der Waals surface area contributed by atoms with Gasteiger partial charge in [0.05, 0.1) is 28.4 Å². The monoisotopic (exact) mass is 478 g/mol. The Bertz CT molecular complexity index is 943. The van der Waals surface area contributed by atoms with Crippen LogP contribution in [0.25, 0.3) is 0 Å². The maximum atomic E-state index is 14.0. The standard InChI is InChI=1S/C25H32Cl2N2O3/c1-5-19(6-2)29-22(25(4)11-10-18(27)15-28-25)20(16-8-7-9-17(26)12-16)13-24(3,23(29)32)14-21(30)31/h7-10,12,15,19-20,22H,5-6,11,13-14H2,1-4H3,(H,30,31)/t20-,22+,24+,25?/m1/s1. The smallest absolute Gasteiger partial charge is 0.304 e. The minimum absolute atomic E-state index is 0.0176. The third-order valence-electron chi connectivity index (χ3n) is 7.09. The molecule has 0 radical (unpaired) electrons. The van der Waals surface area contributed by atoms with Crippen LogP contribution in [-0.4, -0.2) is 45.7 Å². The Morgan fingerprint density at radius 1 is 1.28 bits per heavy atom. The second-order valence-corrected chi connectivity index (χ2v) is 10.4. The molecule has 0 aliphatic carbocycles. The van der Waals surface area contributed by atoms with E-state index < -0.39 is 16.9 Å². The van der Waals surface area contributed by atoms with Crippen LogP contribution in [0.1, 0.15) is 71.3 Å². The predicted molar refractivity (Wildman–Crippen MR) is 130 cm³/mol. The summed E-state index contributed by atoms with van der Waals surface area (Å²) in [6.45, 7) is 7.99. The van der Waals surface area contributed by atoms with Gasteiger partial charge < -0.3 is 10.0 Å². The molecule has 1 unspecified atom stereocenters. The van der Waals surface area contributed by atoms with Crippen molar-refractivity contribution < 1.29 is 14.7 Å². The van der Waals surface area contributed by atoms with E-state index in [1.54, 1.807) is 13.1 Å². The average molecular weight is 479 g/mol. The molecule has 32 heavy (non-hydrogen) atoms. The molecule has 4 atom stereocenters. The fraction of sp³-hybridized carbons (Fsp3) is 0.560. The lowest BCUT2D eigenvalue weighted by atomic mass is 9.63. The molecule has 2 aliphatic rings. The van der Waals surface area contributed by atoms with Gasteiger partial charge in [-0.05, 0) is 50.3 Å². The summed E-state index contributed by atoms with van der Waals surface area (Å²) in [5.41, 5.74) is -0.603. The van der Waals surface area contributed by atoms with Crippen molar-refractivity contribution in [3.05, 3.63) is 46.0 Å². The van der Waals surface area contributed by atoms with Crippen LogP contribution < -0.4 is 0 Å². The molecular weight excluding hydrogens is 447 g/mol. The van der Waals surface area contributed by atoms with Crippen LogP contribution in [0.5, 0.6) is 0 Å². The lowest BCUT2D eigenvalue weighted by molar-refractivity contribution is -0.162. The number of nitrogens with zero attached hydrogens (tertiary/aromatic N) is 2. The summed E-state index contributed by atoms with van der Waals surface area (Å²) in [6.07, 6.45) is 5.98. The molecule has 0 aromatic heterocycles. The first-order chi connectivity index (χ1) is 15.0. The summed E-state index contributed by atoms with van der Waals surface area (Å²) in [6, 6.07) is 7.41. The molecule has 3 rings (SSSR count). The Balaban J connectivity index is 2.22. The number of aliphatic carboxylic acids is 1. The number of dihydropyridines is 1. The van der Waals surface area contributed by atoms with Gasteiger partial charge in [-0.1, -0.05) is 62.2 Å². The average Bonchev–Trinajstić information content (AvgIpc) is 2.73. The Kier molecular flexibility index (Phi) is 7.41. The van der Waals surface area contributed by atoms with Crippen molar-refractivity contribution in [2.24, 2.45) is 10.4 Å². The van der Waals surface area contributed by atoms with Gasteiger partial charge in [-0.25, -0.2) is 0 Å². The van der Waals surface area contributed by atoms with Crippen molar-refractivity contribution in [3.63, 3.8) is 0 Å². The van der Waals surface area contributed by atoms with Crippen molar-refractivity contribution in [2.75, 3.05) is 0 Å². The molecule has 1 fully saturated rings. The molecule has 0 bridgehead atoms. The number of allylic oxidation sites excluding steroid dienone is 1. The molecule has 2 aliphatic heterocycles. The first-order valence-electron chi connectivity index (χ1n) is 11.3. The van der Waals surface area contributed by atoms with Crippen molar-refractivity contribution in [1.29, 1.82) is 0 Å². The number of amides is 1. The highest BCUT2D eigenvalue weighted by atomic mass is 35.5. The summed E-state index contributed by atoms with van der Waals surface area (Å²) < 4.78 is 0. The van der Waals surface area contributed by atoms with Crippen LogP contribution >= 0.6 is 23.2 Å². The van der Waals surface area contributed by atoms with Gasteiger partial charge in [-0.2, -0.15) is 0 Å². The molecule has 7 heteroatoms. The second-order valence-electron chi connectivity index (χ2n) is 9.53. The fourth-order valence-electron chi connectivity index (χ4n) is 5.46. The molecule has 0 spiro atoms. The van der Waals surface area contributed by atoms with E-state index in [0.29, 0.717) is 22.9 Å². The number of carbonyl (C=O) groups is 2. The molecular formula is C25H32Cl2N2O3. The maximum Gasteiger partial charge on any atom is 0.304 e. The van der Waals surface area contributed by atoms with E-state index in [2.05, 4.69) is 20.8 Å². The lowest BCUT2D eigenvalue weighted by Gasteiger charge is -2.56. The molecule has 1 aromatic carbocycles. The maximum absolute atomic E-state index is 14.0. The quantitative estimate of drug-likeness (QED) is 0.518. The van der Waals surface area contributed by atoms with E-state index >= 15 is 0 Å². The molecule has 1 amide bonds. The predicted octanol–water partition coefficient (Wildman–Crippen LogP) is 6.05. The van der Waals surface area contributed by atoms with Crippen molar-refractivity contribution in [2.45, 2.75) is 83.3 Å². The number of piperidine rings is 1. The number of benzene rings is 1. The molecule has 1 saturated heterocycles. The topological polar surface area (TPSA) is 70.0 Å². The van der Waals surface area contributed by atoms with E-state index in [1.807, 2.05) is 35.2 Å². The van der Waals surface area contributed by atoms with E-state index in [0.717, 1.165) is 18.4 Å². The minimum Gasteiger partial charge on any atom is -0.481 e. The van der Waals surface area contributed by atoms with Gasteiger partial charge in [0.25, 0.3) is 0 Å². The Hall–Kier alpha value is -1.85. The van der Waals surface area contributed by atoms with Crippen LogP contribution in [0, 0.1) is 5.41 Å². The first kappa shape index (κ1) is 24.8. The summed E-state index contributed by atoms with van der Waals surface area (Å²) in [5, 5.41) is 10.9. The van der Waals surface area contributed by atoms with Gasteiger partial charge in [0.2, 0.25) is 5.91 Å². The third-order valence-corrected chi connectivity index (χ3v) is 7.57. The van der Waals surface area contributed by atoms with Crippen LogP contribution in [0.4, 0.5) is 0 Å². The number of hydrogen-bond donors (Lipinski definition) is 1. The minimum atomic E-state index is -1.01. The number of carboxylic acid groups (broad SMARTS) is 1. The number of hydrogen-bond acceptors (Lipinski definition) is 3. The van der Waals surface area contributed by atoms with E-state index in [9.17, 15) is 14.7 Å². The summed E-state index contributed by atoms with van der Waals surface area (Å²) in [4.78, 5) is 32.6. The zero-order chi connectivity index (χ0) is 23.7. The van der Waals surface area contributed by atoms with Gasteiger partial charge in [0.15, 0.2) is 0 Å². The molecule has 2 heterocycles. The molecule has 5 nitrogen and oxygen atoms in total. The number of halogens is 2. The van der Waals surface area contributed by atoms with E-state index in [1.165, 1.54) is 0 Å². The summed E-state index contributed by atoms with van der Waals surface area (Å²) >= 11 is 12.5. The molecule has 1 N–H and O–H groups in total. The van der Waals surface area contributed by atoms with Crippen LogP contribution in [0.3, 0.4) is 0 Å². The number of carboxylic acids is 1. The fourth-order valence-corrected chi connectivity index (χ4v) is 5.78. The van der Waals surface area contributed by atoms with Gasteiger partial charge in [0.1, 0.15) is 0 Å². The number of carbonyl (C=O) groups excluding carboxylic acids is 1. The Morgan fingerprint density at radius 2 is 1.97 bits per heavy atom. The number of aliphatic imine (C=N–C) groups is 1. The lowest BCUT2D eigenvalue weighted by Crippen LogP contribution is -2.65. The van der Waals surface area contributed by atoms with E-state index in [-0.39, 0.29) is 30.3 Å². The van der Waals surface area contributed by atoms with Crippen LogP contribution in [0.2, 0.25) is 5.02 Å². The van der Waals surface area contributed by atoms with Crippen LogP contribution in [0.15, 0.2) is 40.4 Å². The number of likely N-dealkylation sites (tertiary alicyclic amines) is 1. The Labute approximate surface area is 200 Å². The van der Waals surface area contributed by atoms with Crippen molar-refractivity contribution >= 4 is 41.3 Å². The Morgan fingerprint density at radius 3 is 2.50 bits per heavy atom. The number of rotatable bonds is 7. The van der Waals surface area contributed by atoms with Gasteiger partial charge in [-0.3, -0.25) is 14.6 Å². The van der Waals surface area contributed by atoms with Crippen molar-refractivity contribution in [3.8, 4) is 0 Å². The highest BCUT2D eigenvalue weighted by Gasteiger charge is 2.56. The summed E-state index contributed by atoms with van der Waals surface area (Å²) in [7, 11) is 0. The first-order valence-corrected chi connectivity index (χ1v) is 12.0. The highest BCUT2D eigenvalue weighted by Crippen LogP contribution is 2.51. The zero-order valence-corrected chi connectivity index (χ0v) is 20.7. The normalized spacial score (nSPS) is 30.5. The molecule has 174 valence electrons. The second kappa shape index (κ2) is 9.56. The van der Waals surface area contributed by atoms with Gasteiger partial charge in [0, 0.05) is 23.2 Å². The zero-order valence-electron chi connectivity index (χ0n) is 19.1. The summed E-state index contributed by atoms with van der Waals surface area (Å²) in [5.74, 6) is -1.19. The van der Waals surface area contributed by atoms with Gasteiger partial charge >= 0.3 is 5.97 Å². The highest BCUT2D eigenvalue weighted by molar-refractivity contribution is 6.39. The SMILES string of the molecule is CCC(CC)N1C(=O)[C@](C)(CC(=O)O)C[C@H](c2cccc(Cl)c2)[C@H]1C1(C)CC=C(Cl)C=N1.